The number of ether oxygens (including phenoxy) is 2. The largest absolute Gasteiger partial charge is 0.344 e. The van der Waals surface area contributed by atoms with Gasteiger partial charge in [-0.15, -0.1) is 0 Å². The van der Waals surface area contributed by atoms with Crippen LogP contribution in [0.15, 0.2) is 0 Å². The smallest absolute Gasteiger partial charge is 0.163 e. The molecule has 11 atom stereocenters. The summed E-state index contributed by atoms with van der Waals surface area (Å²) in [6, 6.07) is 0. The molecule has 35 heavy (non-hydrogen) atoms. The molecule has 4 aliphatic carbocycles. The molecular formula is C31H52O3S. The molecule has 1 heterocycles. The molecule has 0 amide bonds. The number of hydrogen-bond acceptors (Lipinski definition) is 4. The summed E-state index contributed by atoms with van der Waals surface area (Å²) in [6.07, 6.45) is 9.45. The number of thioether (sulfide) groups is 1. The maximum Gasteiger partial charge on any atom is 0.163 e. The fourth-order valence-electron chi connectivity index (χ4n) is 9.96. The number of carbonyl (C=O) groups excluding carboxylic acids is 1. The van der Waals surface area contributed by atoms with Gasteiger partial charge in [-0.1, -0.05) is 48.0 Å². The summed E-state index contributed by atoms with van der Waals surface area (Å²) in [7, 11) is 0. The maximum atomic E-state index is 12.6. The van der Waals surface area contributed by atoms with E-state index in [0.717, 1.165) is 41.8 Å². The summed E-state index contributed by atoms with van der Waals surface area (Å²) in [5.74, 6) is 5.93. The lowest BCUT2D eigenvalue weighted by molar-refractivity contribution is -0.181. The van der Waals surface area contributed by atoms with Gasteiger partial charge >= 0.3 is 0 Å². The molecule has 0 unspecified atom stereocenters. The highest BCUT2D eigenvalue weighted by atomic mass is 32.2. The normalized spacial score (nSPS) is 48.1. The van der Waals surface area contributed by atoms with Crippen molar-refractivity contribution in [3.63, 3.8) is 0 Å². The van der Waals surface area contributed by atoms with Crippen LogP contribution in [0.5, 0.6) is 0 Å². The highest BCUT2D eigenvalue weighted by molar-refractivity contribution is 7.99. The summed E-state index contributed by atoms with van der Waals surface area (Å²) >= 11 is 2.26. The number of carbonyl (C=O) groups is 1. The van der Waals surface area contributed by atoms with Crippen molar-refractivity contribution in [2.24, 2.45) is 52.3 Å². The lowest BCUT2D eigenvalue weighted by Gasteiger charge is -2.62. The summed E-state index contributed by atoms with van der Waals surface area (Å²) in [4.78, 5) is 12.6. The van der Waals surface area contributed by atoms with E-state index in [4.69, 9.17) is 9.47 Å². The lowest BCUT2D eigenvalue weighted by Crippen LogP contribution is -2.63. The average molecular weight is 505 g/mol. The third kappa shape index (κ3) is 4.28. The molecule has 0 radical (unpaired) electrons. The van der Waals surface area contributed by atoms with Crippen LogP contribution in [0.1, 0.15) is 107 Å². The molecule has 4 heteroatoms. The van der Waals surface area contributed by atoms with Crippen molar-refractivity contribution in [2.75, 3.05) is 5.75 Å². The van der Waals surface area contributed by atoms with Crippen LogP contribution < -0.4 is 0 Å². The first-order chi connectivity index (χ1) is 16.4. The zero-order valence-electron chi connectivity index (χ0n) is 23.8. The van der Waals surface area contributed by atoms with Crippen molar-refractivity contribution in [1.82, 2.24) is 0 Å². The number of Topliss-reactive ketones (excluding diaryl/α,β-unsaturated/α-hetero) is 1. The van der Waals surface area contributed by atoms with Crippen molar-refractivity contribution in [2.45, 2.75) is 130 Å². The molecule has 200 valence electrons. The summed E-state index contributed by atoms with van der Waals surface area (Å²) in [5.41, 5.74) is 0.621. The van der Waals surface area contributed by atoms with Gasteiger partial charge in [-0.2, -0.15) is 11.8 Å². The molecule has 0 aromatic carbocycles. The van der Waals surface area contributed by atoms with E-state index >= 15 is 0 Å². The van der Waals surface area contributed by atoms with Gasteiger partial charge in [-0.3, -0.25) is 4.79 Å². The Morgan fingerprint density at radius 3 is 2.29 bits per heavy atom. The summed E-state index contributed by atoms with van der Waals surface area (Å²) in [6.45, 7) is 19.1. The minimum Gasteiger partial charge on any atom is -0.344 e. The third-order valence-electron chi connectivity index (χ3n) is 12.0. The Bertz CT molecular complexity index is 809. The van der Waals surface area contributed by atoms with E-state index in [1.807, 2.05) is 0 Å². The van der Waals surface area contributed by atoms with Gasteiger partial charge in [0.2, 0.25) is 0 Å². The fraction of sp³-hybridized carbons (Fsp3) is 0.968. The van der Waals surface area contributed by atoms with Crippen LogP contribution in [0, 0.1) is 52.3 Å². The van der Waals surface area contributed by atoms with E-state index in [1.165, 1.54) is 37.9 Å². The molecule has 5 fully saturated rings. The monoisotopic (exact) mass is 504 g/mol. The second-order valence-corrected chi connectivity index (χ2v) is 15.8. The van der Waals surface area contributed by atoms with E-state index in [-0.39, 0.29) is 17.6 Å². The van der Waals surface area contributed by atoms with Gasteiger partial charge in [0.25, 0.3) is 0 Å². The number of rotatable bonds is 6. The molecule has 0 spiro atoms. The van der Waals surface area contributed by atoms with E-state index in [0.29, 0.717) is 35.4 Å². The SMILES string of the molecule is CC[C@H](CS[C@@H](C)[C@H]1CC[C@H]2[C@@H]3[C@H]4OC(C)(C)O[C@@H]4[C@H]4CC(=O)CC[C@]4(C)[C@H]3CC[C@]12C)C(C)C. The molecule has 0 aromatic rings. The van der Waals surface area contributed by atoms with Crippen LogP contribution in [0.4, 0.5) is 0 Å². The zero-order valence-corrected chi connectivity index (χ0v) is 24.6. The number of fused-ring (bicyclic) bond motifs is 8. The molecule has 3 nitrogen and oxygen atoms in total. The van der Waals surface area contributed by atoms with Gasteiger partial charge in [-0.05, 0) is 98.0 Å². The van der Waals surface area contributed by atoms with Crippen LogP contribution in [0.25, 0.3) is 0 Å². The van der Waals surface area contributed by atoms with E-state index < -0.39 is 5.79 Å². The fourth-order valence-corrected chi connectivity index (χ4v) is 11.8. The van der Waals surface area contributed by atoms with Crippen LogP contribution in [0.3, 0.4) is 0 Å². The molecule has 0 N–H and O–H groups in total. The second-order valence-electron chi connectivity index (χ2n) is 14.4. The van der Waals surface area contributed by atoms with Crippen molar-refractivity contribution in [3.8, 4) is 0 Å². The van der Waals surface area contributed by atoms with Gasteiger partial charge in [0.1, 0.15) is 5.78 Å². The Balaban J connectivity index is 1.41. The zero-order chi connectivity index (χ0) is 25.3. The highest BCUT2D eigenvalue weighted by Crippen LogP contribution is 2.70. The third-order valence-corrected chi connectivity index (χ3v) is 13.5. The van der Waals surface area contributed by atoms with E-state index in [9.17, 15) is 4.79 Å². The quantitative estimate of drug-likeness (QED) is 0.370. The topological polar surface area (TPSA) is 35.5 Å². The Kier molecular flexibility index (Phi) is 7.05. The van der Waals surface area contributed by atoms with E-state index in [1.54, 1.807) is 0 Å². The number of hydrogen-bond donors (Lipinski definition) is 0. The first kappa shape index (κ1) is 26.5. The predicted molar refractivity (Wildman–Crippen MR) is 145 cm³/mol. The first-order valence-electron chi connectivity index (χ1n) is 14.9. The van der Waals surface area contributed by atoms with Gasteiger partial charge in [0.05, 0.1) is 12.2 Å². The molecule has 4 saturated carbocycles. The molecule has 1 aliphatic heterocycles. The van der Waals surface area contributed by atoms with Crippen molar-refractivity contribution in [1.29, 1.82) is 0 Å². The molecule has 5 aliphatic rings. The van der Waals surface area contributed by atoms with E-state index in [2.05, 4.69) is 67.2 Å². The number of ketones is 1. The first-order valence-corrected chi connectivity index (χ1v) is 15.9. The molecule has 5 rings (SSSR count). The molecule has 0 bridgehead atoms. The van der Waals surface area contributed by atoms with Crippen molar-refractivity contribution in [3.05, 3.63) is 0 Å². The van der Waals surface area contributed by atoms with Crippen molar-refractivity contribution >= 4 is 17.5 Å². The van der Waals surface area contributed by atoms with Gasteiger partial charge in [0.15, 0.2) is 5.79 Å². The summed E-state index contributed by atoms with van der Waals surface area (Å²) in [5, 5.41) is 0.724. The Labute approximate surface area is 219 Å². The van der Waals surface area contributed by atoms with Crippen LogP contribution in [-0.4, -0.2) is 34.8 Å². The minimum atomic E-state index is -0.535. The lowest BCUT2D eigenvalue weighted by atomic mass is 9.43. The van der Waals surface area contributed by atoms with Gasteiger partial charge < -0.3 is 9.47 Å². The highest BCUT2D eigenvalue weighted by Gasteiger charge is 2.68. The van der Waals surface area contributed by atoms with Gasteiger partial charge in [-0.25, -0.2) is 0 Å². The van der Waals surface area contributed by atoms with Crippen LogP contribution in [-0.2, 0) is 14.3 Å². The van der Waals surface area contributed by atoms with Gasteiger partial charge in [0, 0.05) is 24.0 Å². The molecule has 0 aromatic heterocycles. The van der Waals surface area contributed by atoms with Crippen molar-refractivity contribution < 1.29 is 14.3 Å². The summed E-state index contributed by atoms with van der Waals surface area (Å²) < 4.78 is 13.4. The van der Waals surface area contributed by atoms with Crippen LogP contribution in [0.2, 0.25) is 0 Å². The average Bonchev–Trinajstić information content (AvgIpc) is 3.30. The molecular weight excluding hydrogens is 452 g/mol. The predicted octanol–water partition coefficient (Wildman–Crippen LogP) is 7.76. The Morgan fingerprint density at radius 1 is 0.914 bits per heavy atom. The Morgan fingerprint density at radius 2 is 1.60 bits per heavy atom. The standard InChI is InChI=1S/C31H52O3S/c1-9-20(18(2)3)17-35-19(4)22-10-11-23-26-24(13-15-30(22,23)7)31(8)14-12-21(32)16-25(31)27-28(26)34-29(5,6)33-27/h18-20,22-28H,9-17H2,1-8H3/t19-,20+,22+,23-,24-,25+,26-,27+,28+,30+,31+/m0/s1. The molecule has 1 saturated heterocycles. The Hall–Kier alpha value is -0.0600. The second kappa shape index (κ2) is 9.30. The minimum absolute atomic E-state index is 0.0880. The maximum absolute atomic E-state index is 12.6. The van der Waals surface area contributed by atoms with Crippen LogP contribution >= 0.6 is 11.8 Å².